The molecule has 0 bridgehead atoms. The predicted molar refractivity (Wildman–Crippen MR) is 52.8 cm³/mol. The molecule has 20 heavy (non-hydrogen) atoms. The average molecular weight is 272 g/mol. The Bertz CT molecular complexity index is 731. The number of aliphatic carboxylic acids is 1. The molecule has 0 fully saturated rings. The van der Waals surface area contributed by atoms with Gasteiger partial charge in [-0.15, -0.1) is 0 Å². The van der Waals surface area contributed by atoms with Gasteiger partial charge in [0.15, 0.2) is 12.2 Å². The Morgan fingerprint density at radius 3 is 2.00 bits per heavy atom. The smallest absolute Gasteiger partial charge is 0.545 e. The van der Waals surface area contributed by atoms with Crippen molar-refractivity contribution >= 4 is 5.97 Å². The Labute approximate surface area is 135 Å². The zero-order valence-electron chi connectivity index (χ0n) is 10.1. The van der Waals surface area contributed by atoms with E-state index < -0.39 is 34.4 Å². The fourth-order valence-electron chi connectivity index (χ4n) is 1.55. The Morgan fingerprint density at radius 1 is 1.10 bits per heavy atom. The van der Waals surface area contributed by atoms with Crippen LogP contribution in [0.2, 0.25) is 0 Å². The standard InChI is InChI=1S/C11H2N6O2.Na/c12-1-6-8(3-14)17(5-16)9(4-15)7(2-13)10(6)11(18)19;/h8H,(H,18,19);/q;+1/p-1. The molecule has 0 aromatic heterocycles. The van der Waals surface area contributed by atoms with Crippen LogP contribution in [0.3, 0.4) is 0 Å². The van der Waals surface area contributed by atoms with E-state index in [1.54, 1.807) is 0 Å². The summed E-state index contributed by atoms with van der Waals surface area (Å²) < 4.78 is 0. The summed E-state index contributed by atoms with van der Waals surface area (Å²) in [5, 5.41) is 55.4. The van der Waals surface area contributed by atoms with Crippen molar-refractivity contribution in [2.75, 3.05) is 0 Å². The maximum absolute atomic E-state index is 11.0. The molecule has 0 amide bonds. The molecule has 0 aliphatic carbocycles. The number of carboxylic acid groups (broad SMARTS) is 1. The van der Waals surface area contributed by atoms with E-state index in [1.807, 2.05) is 0 Å². The molecule has 0 aromatic carbocycles. The van der Waals surface area contributed by atoms with Gasteiger partial charge in [0.05, 0.1) is 29.3 Å². The number of hydrogen-bond donors (Lipinski definition) is 0. The number of carboxylic acids is 1. The summed E-state index contributed by atoms with van der Waals surface area (Å²) >= 11 is 0. The molecule has 1 aliphatic heterocycles. The van der Waals surface area contributed by atoms with E-state index in [-0.39, 0.29) is 29.6 Å². The molecule has 8 nitrogen and oxygen atoms in total. The largest absolute Gasteiger partial charge is 1.00 e. The van der Waals surface area contributed by atoms with Crippen molar-refractivity contribution in [2.24, 2.45) is 0 Å². The van der Waals surface area contributed by atoms with E-state index in [0.29, 0.717) is 4.90 Å². The zero-order chi connectivity index (χ0) is 14.6. The normalized spacial score (nSPS) is 16.8. The number of allylic oxidation sites excluding steroid dienone is 1. The van der Waals surface area contributed by atoms with Gasteiger partial charge in [0.25, 0.3) is 0 Å². The fraction of sp³-hybridized carbons (Fsp3) is 0.0909. The summed E-state index contributed by atoms with van der Waals surface area (Å²) in [6.45, 7) is 0. The zero-order valence-corrected chi connectivity index (χ0v) is 12.1. The molecule has 0 aromatic rings. The van der Waals surface area contributed by atoms with Gasteiger partial charge < -0.3 is 9.90 Å². The third-order valence-electron chi connectivity index (χ3n) is 2.30. The molecule has 0 spiro atoms. The van der Waals surface area contributed by atoms with E-state index in [0.717, 1.165) is 0 Å². The third-order valence-corrected chi connectivity index (χ3v) is 2.30. The molecular weight excluding hydrogens is 271 g/mol. The second kappa shape index (κ2) is 6.95. The van der Waals surface area contributed by atoms with Gasteiger partial charge in [-0.1, -0.05) is 0 Å². The molecule has 1 unspecified atom stereocenters. The van der Waals surface area contributed by atoms with Crippen LogP contribution in [0.15, 0.2) is 22.4 Å². The van der Waals surface area contributed by atoms with Gasteiger partial charge in [-0.3, -0.25) is 0 Å². The van der Waals surface area contributed by atoms with Gasteiger partial charge in [0.2, 0.25) is 0 Å². The van der Waals surface area contributed by atoms with Crippen LogP contribution in [0.25, 0.3) is 0 Å². The van der Waals surface area contributed by atoms with Gasteiger partial charge in [-0.05, 0) is 0 Å². The quantitative estimate of drug-likeness (QED) is 0.341. The van der Waals surface area contributed by atoms with Gasteiger partial charge >= 0.3 is 29.6 Å². The summed E-state index contributed by atoms with van der Waals surface area (Å²) in [6, 6.07) is 4.33. The third kappa shape index (κ3) is 2.47. The predicted octanol–water partition coefficient (Wildman–Crippen LogP) is -4.45. The second-order valence-corrected chi connectivity index (χ2v) is 3.14. The molecule has 0 N–H and O–H groups in total. The van der Waals surface area contributed by atoms with Crippen molar-refractivity contribution < 1.29 is 39.5 Å². The Kier molecular flexibility index (Phi) is 5.98. The first-order valence-corrected chi connectivity index (χ1v) is 4.56. The van der Waals surface area contributed by atoms with E-state index in [1.165, 1.54) is 30.5 Å². The van der Waals surface area contributed by atoms with Crippen molar-refractivity contribution in [3.63, 3.8) is 0 Å². The average Bonchev–Trinajstić information content (AvgIpc) is 2.43. The topological polar surface area (TPSA) is 162 Å². The number of rotatable bonds is 1. The Morgan fingerprint density at radius 2 is 1.70 bits per heavy atom. The number of hydrogen-bond acceptors (Lipinski definition) is 8. The van der Waals surface area contributed by atoms with Crippen LogP contribution in [0, 0.1) is 56.8 Å². The number of carbonyl (C=O) groups excluding carboxylic acids is 1. The Hall–Kier alpha value is -2.80. The van der Waals surface area contributed by atoms with Gasteiger partial charge in [-0.2, -0.15) is 26.3 Å². The summed E-state index contributed by atoms with van der Waals surface area (Å²) in [7, 11) is 0. The van der Waals surface area contributed by atoms with Crippen molar-refractivity contribution in [3.05, 3.63) is 22.4 Å². The summed E-state index contributed by atoms with van der Waals surface area (Å²) in [5.41, 5.74) is -2.72. The van der Waals surface area contributed by atoms with E-state index >= 15 is 0 Å². The second-order valence-electron chi connectivity index (χ2n) is 3.14. The first kappa shape index (κ1) is 17.2. The molecule has 1 rings (SSSR count). The van der Waals surface area contributed by atoms with Gasteiger partial charge in [-0.25, -0.2) is 4.90 Å². The van der Waals surface area contributed by atoms with Crippen molar-refractivity contribution in [2.45, 2.75) is 6.04 Å². The van der Waals surface area contributed by atoms with Crippen LogP contribution >= 0.6 is 0 Å². The van der Waals surface area contributed by atoms with Crippen LogP contribution in [0.5, 0.6) is 0 Å². The van der Waals surface area contributed by atoms with E-state index in [9.17, 15) is 9.90 Å². The van der Waals surface area contributed by atoms with Crippen LogP contribution in [0.4, 0.5) is 0 Å². The Balaban J connectivity index is 0.00000361. The molecule has 0 saturated heterocycles. The summed E-state index contributed by atoms with van der Waals surface area (Å²) in [6.07, 6.45) is 1.47. The fourth-order valence-corrected chi connectivity index (χ4v) is 1.55. The van der Waals surface area contributed by atoms with Gasteiger partial charge in [0, 0.05) is 5.57 Å². The first-order valence-electron chi connectivity index (χ1n) is 4.56. The van der Waals surface area contributed by atoms with E-state index in [2.05, 4.69) is 0 Å². The van der Waals surface area contributed by atoms with Gasteiger partial charge in [0.1, 0.15) is 17.8 Å². The monoisotopic (exact) mass is 272 g/mol. The minimum atomic E-state index is -1.86. The van der Waals surface area contributed by atoms with Crippen LogP contribution in [-0.4, -0.2) is 16.9 Å². The minimum Gasteiger partial charge on any atom is -0.545 e. The van der Waals surface area contributed by atoms with E-state index in [4.69, 9.17) is 26.3 Å². The number of nitrogens with zero attached hydrogens (tertiary/aromatic N) is 6. The van der Waals surface area contributed by atoms with Crippen LogP contribution in [0.1, 0.15) is 0 Å². The molecule has 9 heteroatoms. The molecular formula is C11HN6NaO2. The van der Waals surface area contributed by atoms with Crippen LogP contribution < -0.4 is 34.7 Å². The molecule has 1 atom stereocenters. The maximum atomic E-state index is 11.0. The van der Waals surface area contributed by atoms with Crippen molar-refractivity contribution in [1.29, 1.82) is 26.3 Å². The van der Waals surface area contributed by atoms with Crippen LogP contribution in [-0.2, 0) is 4.79 Å². The first-order chi connectivity index (χ1) is 9.06. The van der Waals surface area contributed by atoms with Crippen molar-refractivity contribution in [1.82, 2.24) is 4.90 Å². The molecule has 88 valence electrons. The molecule has 0 saturated carbocycles. The molecule has 0 radical (unpaired) electrons. The minimum absolute atomic E-state index is 0. The number of nitriles is 5. The summed E-state index contributed by atoms with van der Waals surface area (Å²) in [4.78, 5) is 11.5. The summed E-state index contributed by atoms with van der Waals surface area (Å²) in [5.74, 6) is -1.86. The number of carbonyl (C=O) groups is 1. The molecule has 1 aliphatic rings. The van der Waals surface area contributed by atoms with Crippen molar-refractivity contribution in [3.8, 4) is 30.5 Å². The molecule has 1 heterocycles. The maximum Gasteiger partial charge on any atom is 1.00 e. The SMILES string of the molecule is N#CC1=C(C#N)N(C#N)C(C#N)C(C#N)=C1C(=O)[O-].[Na+].